The van der Waals surface area contributed by atoms with Crippen LogP contribution in [0.15, 0.2) is 24.8 Å². The Balaban J connectivity index is 2.96. The van der Waals surface area contributed by atoms with Gasteiger partial charge in [0.25, 0.3) is 0 Å². The van der Waals surface area contributed by atoms with Crippen molar-refractivity contribution in [1.82, 2.24) is 0 Å². The second-order valence-electron chi connectivity index (χ2n) is 2.47. The van der Waals surface area contributed by atoms with E-state index in [0.29, 0.717) is 11.4 Å². The molecular weight excluding hydrogens is 150 g/mol. The molecular formula is C10H12NO. The summed E-state index contributed by atoms with van der Waals surface area (Å²) in [5.74, 6) is 0.700. The Bertz CT molecular complexity index is 281. The predicted molar refractivity (Wildman–Crippen MR) is 50.1 cm³/mol. The Morgan fingerprint density at radius 2 is 2.50 bits per heavy atom. The smallest absolute Gasteiger partial charge is 0.142 e. The van der Waals surface area contributed by atoms with E-state index < -0.39 is 0 Å². The molecule has 0 aromatic heterocycles. The van der Waals surface area contributed by atoms with Gasteiger partial charge in [-0.05, 0) is 30.2 Å². The average Bonchev–Trinajstić information content (AvgIpc) is 2.09. The van der Waals surface area contributed by atoms with Gasteiger partial charge in [0.1, 0.15) is 5.75 Å². The van der Waals surface area contributed by atoms with Crippen LogP contribution in [0, 0.1) is 6.07 Å². The number of allylic oxidation sites excluding steroid dienone is 1. The molecule has 0 amide bonds. The molecule has 1 rings (SSSR count). The fourth-order valence-corrected chi connectivity index (χ4v) is 0.975. The van der Waals surface area contributed by atoms with Crippen molar-refractivity contribution < 1.29 is 4.74 Å². The second kappa shape index (κ2) is 3.81. The number of nitrogen functional groups attached to an aromatic ring is 1. The Hall–Kier alpha value is -1.44. The lowest BCUT2D eigenvalue weighted by Crippen LogP contribution is -1.93. The molecule has 0 bridgehead atoms. The van der Waals surface area contributed by atoms with Gasteiger partial charge in [0.15, 0.2) is 0 Å². The molecule has 0 atom stereocenters. The van der Waals surface area contributed by atoms with E-state index in [0.717, 1.165) is 12.0 Å². The Kier molecular flexibility index (Phi) is 2.75. The zero-order chi connectivity index (χ0) is 8.97. The Morgan fingerprint density at radius 3 is 3.08 bits per heavy atom. The van der Waals surface area contributed by atoms with Gasteiger partial charge in [0, 0.05) is 0 Å². The van der Waals surface area contributed by atoms with Gasteiger partial charge in [-0.2, -0.15) is 0 Å². The van der Waals surface area contributed by atoms with Crippen LogP contribution < -0.4 is 10.5 Å². The number of hydrogen-bond donors (Lipinski definition) is 1. The second-order valence-corrected chi connectivity index (χ2v) is 2.47. The molecule has 1 aromatic carbocycles. The number of ether oxygens (including phenoxy) is 1. The van der Waals surface area contributed by atoms with E-state index >= 15 is 0 Å². The van der Waals surface area contributed by atoms with Crippen molar-refractivity contribution in [3.8, 4) is 5.75 Å². The van der Waals surface area contributed by atoms with Gasteiger partial charge in [-0.3, -0.25) is 0 Å². The highest BCUT2D eigenvalue weighted by Gasteiger charge is 1.99. The van der Waals surface area contributed by atoms with Crippen molar-refractivity contribution in [2.24, 2.45) is 0 Å². The minimum absolute atomic E-state index is 0.616. The fourth-order valence-electron chi connectivity index (χ4n) is 0.975. The van der Waals surface area contributed by atoms with E-state index in [-0.39, 0.29) is 0 Å². The van der Waals surface area contributed by atoms with Crippen LogP contribution in [0.2, 0.25) is 0 Å². The fraction of sp³-hybridized carbons (Fsp3) is 0.200. The molecule has 0 saturated heterocycles. The molecule has 2 N–H and O–H groups in total. The first kappa shape index (κ1) is 8.65. The summed E-state index contributed by atoms with van der Waals surface area (Å²) in [6, 6.07) is 6.63. The van der Waals surface area contributed by atoms with Gasteiger partial charge >= 0.3 is 0 Å². The first-order valence-corrected chi connectivity index (χ1v) is 3.73. The lowest BCUT2D eigenvalue weighted by atomic mass is 10.1. The van der Waals surface area contributed by atoms with Crippen LogP contribution in [-0.4, -0.2) is 7.11 Å². The minimum Gasteiger partial charge on any atom is -0.495 e. The van der Waals surface area contributed by atoms with Crippen LogP contribution in [0.25, 0.3) is 0 Å². The summed E-state index contributed by atoms with van der Waals surface area (Å²) < 4.78 is 5.05. The SMILES string of the molecule is C=CCc1[c]cc(N)c(OC)c1. The highest BCUT2D eigenvalue weighted by atomic mass is 16.5. The van der Waals surface area contributed by atoms with Gasteiger partial charge in [-0.1, -0.05) is 6.08 Å². The molecule has 1 aromatic rings. The van der Waals surface area contributed by atoms with E-state index in [9.17, 15) is 0 Å². The first-order valence-electron chi connectivity index (χ1n) is 3.73. The summed E-state index contributed by atoms with van der Waals surface area (Å²) in [6.07, 6.45) is 2.61. The molecule has 0 unspecified atom stereocenters. The molecule has 0 saturated carbocycles. The summed E-state index contributed by atoms with van der Waals surface area (Å²) in [5.41, 5.74) is 7.27. The Labute approximate surface area is 72.7 Å². The normalized spacial score (nSPS) is 9.42. The number of hydrogen-bond acceptors (Lipinski definition) is 2. The van der Waals surface area contributed by atoms with Crippen LogP contribution in [0.1, 0.15) is 5.56 Å². The maximum absolute atomic E-state index is 5.61. The molecule has 0 aliphatic rings. The van der Waals surface area contributed by atoms with Crippen molar-refractivity contribution in [3.63, 3.8) is 0 Å². The van der Waals surface area contributed by atoms with Crippen LogP contribution >= 0.6 is 0 Å². The molecule has 0 aliphatic carbocycles. The van der Waals surface area contributed by atoms with E-state index in [1.54, 1.807) is 13.2 Å². The molecule has 0 aliphatic heterocycles. The molecule has 0 spiro atoms. The summed E-state index contributed by atoms with van der Waals surface area (Å²) in [6.45, 7) is 3.64. The summed E-state index contributed by atoms with van der Waals surface area (Å²) in [4.78, 5) is 0. The van der Waals surface area contributed by atoms with E-state index in [1.165, 1.54) is 0 Å². The number of anilines is 1. The number of benzene rings is 1. The molecule has 0 fully saturated rings. The summed E-state index contributed by atoms with van der Waals surface area (Å²) >= 11 is 0. The third-order valence-electron chi connectivity index (χ3n) is 1.59. The molecule has 0 heterocycles. The van der Waals surface area contributed by atoms with Crippen LogP contribution in [0.5, 0.6) is 5.75 Å². The van der Waals surface area contributed by atoms with Gasteiger partial charge in [-0.25, -0.2) is 0 Å². The summed E-state index contributed by atoms with van der Waals surface area (Å²) in [7, 11) is 1.60. The average molecular weight is 162 g/mol. The van der Waals surface area contributed by atoms with Gasteiger partial charge in [-0.15, -0.1) is 6.58 Å². The molecule has 63 valence electrons. The highest BCUT2D eigenvalue weighted by Crippen LogP contribution is 2.21. The lowest BCUT2D eigenvalue weighted by Gasteiger charge is -2.04. The number of nitrogens with two attached hydrogens (primary N) is 1. The zero-order valence-electron chi connectivity index (χ0n) is 7.13. The quantitative estimate of drug-likeness (QED) is 0.543. The van der Waals surface area contributed by atoms with Crippen LogP contribution in [0.3, 0.4) is 0 Å². The van der Waals surface area contributed by atoms with Crippen molar-refractivity contribution in [2.75, 3.05) is 12.8 Å². The largest absolute Gasteiger partial charge is 0.495 e. The van der Waals surface area contributed by atoms with Crippen molar-refractivity contribution in [1.29, 1.82) is 0 Å². The monoisotopic (exact) mass is 162 g/mol. The molecule has 12 heavy (non-hydrogen) atoms. The molecule has 2 heteroatoms. The molecule has 1 radical (unpaired) electrons. The Morgan fingerprint density at radius 1 is 1.75 bits per heavy atom. The van der Waals surface area contributed by atoms with Crippen molar-refractivity contribution in [3.05, 3.63) is 36.4 Å². The maximum atomic E-state index is 5.61. The van der Waals surface area contributed by atoms with Crippen molar-refractivity contribution in [2.45, 2.75) is 6.42 Å². The van der Waals surface area contributed by atoms with Gasteiger partial charge in [0.2, 0.25) is 0 Å². The van der Waals surface area contributed by atoms with E-state index in [2.05, 4.69) is 12.6 Å². The van der Waals surface area contributed by atoms with E-state index in [4.69, 9.17) is 10.5 Å². The lowest BCUT2D eigenvalue weighted by molar-refractivity contribution is 0.416. The predicted octanol–water partition coefficient (Wildman–Crippen LogP) is 1.81. The highest BCUT2D eigenvalue weighted by molar-refractivity contribution is 5.53. The topological polar surface area (TPSA) is 35.2 Å². The zero-order valence-corrected chi connectivity index (χ0v) is 7.13. The van der Waals surface area contributed by atoms with Crippen LogP contribution in [-0.2, 0) is 6.42 Å². The van der Waals surface area contributed by atoms with E-state index in [1.807, 2.05) is 12.1 Å². The minimum atomic E-state index is 0.616. The van der Waals surface area contributed by atoms with Crippen LogP contribution in [0.4, 0.5) is 5.69 Å². The van der Waals surface area contributed by atoms with Gasteiger partial charge in [0.05, 0.1) is 12.8 Å². The standard InChI is InChI=1S/C10H12NO/c1-3-4-8-5-6-9(11)10(7-8)12-2/h3,6-7H,1,4,11H2,2H3. The third-order valence-corrected chi connectivity index (χ3v) is 1.59. The summed E-state index contributed by atoms with van der Waals surface area (Å²) in [5, 5.41) is 0. The first-order chi connectivity index (χ1) is 5.77. The maximum Gasteiger partial charge on any atom is 0.142 e. The number of methoxy groups -OCH3 is 1. The number of rotatable bonds is 3. The molecule has 2 nitrogen and oxygen atoms in total. The van der Waals surface area contributed by atoms with Crippen molar-refractivity contribution >= 4 is 5.69 Å². The van der Waals surface area contributed by atoms with Gasteiger partial charge < -0.3 is 10.5 Å². The third kappa shape index (κ3) is 1.78.